The topological polar surface area (TPSA) is 56.7 Å². The van der Waals surface area contributed by atoms with Crippen LogP contribution in [0.25, 0.3) is 11.2 Å². The van der Waals surface area contributed by atoms with E-state index in [-0.39, 0.29) is 5.41 Å². The summed E-state index contributed by atoms with van der Waals surface area (Å²) in [6, 6.07) is 2.50. The number of nitrogen functional groups attached to an aromatic ring is 1. The molecule has 0 saturated heterocycles. The summed E-state index contributed by atoms with van der Waals surface area (Å²) in [6.45, 7) is 6.57. The van der Waals surface area contributed by atoms with Crippen molar-refractivity contribution in [3.8, 4) is 0 Å². The zero-order chi connectivity index (χ0) is 12.2. The number of rotatable bonds is 1. The minimum atomic E-state index is 0.0397. The van der Waals surface area contributed by atoms with E-state index in [4.69, 9.17) is 10.7 Å². The third kappa shape index (κ3) is 1.68. The Kier molecular flexibility index (Phi) is 2.00. The number of nitrogens with two attached hydrogens (primary N) is 1. The van der Waals surface area contributed by atoms with Crippen molar-refractivity contribution >= 4 is 16.9 Å². The molecule has 90 valence electrons. The Morgan fingerprint density at radius 2 is 2.06 bits per heavy atom. The highest BCUT2D eigenvalue weighted by atomic mass is 15.2. The first-order chi connectivity index (χ1) is 7.97. The van der Waals surface area contributed by atoms with Gasteiger partial charge in [-0.15, -0.1) is 0 Å². The lowest BCUT2D eigenvalue weighted by atomic mass is 9.95. The fourth-order valence-corrected chi connectivity index (χ4v) is 2.21. The molecule has 2 aromatic rings. The molecular formula is C13H18N4. The largest absolute Gasteiger partial charge is 0.397 e. The number of hydrogen-bond acceptors (Lipinski definition) is 3. The van der Waals surface area contributed by atoms with Crippen LogP contribution in [-0.2, 0) is 5.41 Å². The fourth-order valence-electron chi connectivity index (χ4n) is 2.21. The molecule has 0 spiro atoms. The summed E-state index contributed by atoms with van der Waals surface area (Å²) < 4.78 is 2.30. The van der Waals surface area contributed by atoms with Crippen LogP contribution in [0.4, 0.5) is 5.69 Å². The van der Waals surface area contributed by atoms with Crippen molar-refractivity contribution in [1.82, 2.24) is 14.5 Å². The van der Waals surface area contributed by atoms with Crippen LogP contribution in [0.5, 0.6) is 0 Å². The Morgan fingerprint density at radius 1 is 1.35 bits per heavy atom. The van der Waals surface area contributed by atoms with Crippen LogP contribution in [0.3, 0.4) is 0 Å². The van der Waals surface area contributed by atoms with Gasteiger partial charge in [-0.3, -0.25) is 0 Å². The van der Waals surface area contributed by atoms with Crippen molar-refractivity contribution in [1.29, 1.82) is 0 Å². The van der Waals surface area contributed by atoms with E-state index in [1.165, 1.54) is 12.8 Å². The van der Waals surface area contributed by atoms with E-state index in [0.717, 1.165) is 17.0 Å². The molecule has 2 N–H and O–H groups in total. The van der Waals surface area contributed by atoms with Crippen molar-refractivity contribution in [2.75, 3.05) is 5.73 Å². The number of pyridine rings is 1. The number of fused-ring (bicyclic) bond motifs is 1. The minimum absolute atomic E-state index is 0.0397. The van der Waals surface area contributed by atoms with Gasteiger partial charge in [-0.2, -0.15) is 0 Å². The average molecular weight is 230 g/mol. The van der Waals surface area contributed by atoms with Gasteiger partial charge in [-0.1, -0.05) is 20.8 Å². The van der Waals surface area contributed by atoms with E-state index >= 15 is 0 Å². The summed E-state index contributed by atoms with van der Waals surface area (Å²) in [5.74, 6) is 1.12. The highest BCUT2D eigenvalue weighted by Gasteiger charge is 2.32. The predicted molar refractivity (Wildman–Crippen MR) is 68.9 cm³/mol. The Balaban J connectivity index is 2.30. The Hall–Kier alpha value is -1.58. The molecule has 3 rings (SSSR count). The number of hydrogen-bond donors (Lipinski definition) is 1. The molecule has 0 aromatic carbocycles. The second-order valence-electron chi connectivity index (χ2n) is 5.90. The molecule has 1 aliphatic rings. The molecule has 0 radical (unpaired) electrons. The lowest BCUT2D eigenvalue weighted by Crippen LogP contribution is -2.18. The molecule has 0 atom stereocenters. The molecule has 0 unspecified atom stereocenters. The van der Waals surface area contributed by atoms with Gasteiger partial charge in [0.1, 0.15) is 11.3 Å². The van der Waals surface area contributed by atoms with Crippen molar-refractivity contribution in [3.05, 3.63) is 18.1 Å². The van der Waals surface area contributed by atoms with Crippen LogP contribution in [0.15, 0.2) is 12.3 Å². The first-order valence-electron chi connectivity index (χ1n) is 6.11. The van der Waals surface area contributed by atoms with Gasteiger partial charge >= 0.3 is 0 Å². The minimum Gasteiger partial charge on any atom is -0.397 e. The molecular weight excluding hydrogens is 212 g/mol. The van der Waals surface area contributed by atoms with E-state index in [1.54, 1.807) is 6.20 Å². The Labute approximate surface area is 101 Å². The highest BCUT2D eigenvalue weighted by molar-refractivity contribution is 5.75. The zero-order valence-corrected chi connectivity index (χ0v) is 10.6. The maximum absolute atomic E-state index is 5.77. The molecule has 1 aliphatic carbocycles. The summed E-state index contributed by atoms with van der Waals surface area (Å²) in [4.78, 5) is 9.18. The number of aromatic nitrogens is 3. The highest BCUT2D eigenvalue weighted by Crippen LogP contribution is 2.40. The van der Waals surface area contributed by atoms with Gasteiger partial charge in [-0.05, 0) is 18.9 Å². The van der Waals surface area contributed by atoms with E-state index in [1.807, 2.05) is 6.07 Å². The van der Waals surface area contributed by atoms with Gasteiger partial charge in [0.05, 0.1) is 11.9 Å². The number of nitrogens with zero attached hydrogens (tertiary/aromatic N) is 3. The Bertz CT molecular complexity index is 573. The first kappa shape index (κ1) is 10.6. The van der Waals surface area contributed by atoms with Crippen molar-refractivity contribution in [2.45, 2.75) is 45.1 Å². The van der Waals surface area contributed by atoms with Gasteiger partial charge < -0.3 is 10.3 Å². The van der Waals surface area contributed by atoms with Crippen molar-refractivity contribution < 1.29 is 0 Å². The summed E-state index contributed by atoms with van der Waals surface area (Å²) in [6.07, 6.45) is 4.19. The third-order valence-electron chi connectivity index (χ3n) is 3.13. The molecule has 2 aromatic heterocycles. The second-order valence-corrected chi connectivity index (χ2v) is 5.90. The summed E-state index contributed by atoms with van der Waals surface area (Å²) in [5.41, 5.74) is 8.39. The van der Waals surface area contributed by atoms with Crippen LogP contribution in [-0.4, -0.2) is 14.5 Å². The van der Waals surface area contributed by atoms with Crippen LogP contribution in [0.2, 0.25) is 0 Å². The molecule has 0 bridgehead atoms. The standard InChI is InChI=1S/C13H18N4/c1-13(2,3)12-16-10-6-8(14)7-15-11(10)17(12)9-4-5-9/h6-7,9H,4-5,14H2,1-3H3. The molecule has 1 saturated carbocycles. The maximum atomic E-state index is 5.77. The normalized spacial score (nSPS) is 16.6. The number of imidazole rings is 1. The van der Waals surface area contributed by atoms with Gasteiger partial charge in [-0.25, -0.2) is 9.97 Å². The second kappa shape index (κ2) is 3.22. The molecule has 0 amide bonds. The van der Waals surface area contributed by atoms with E-state index in [9.17, 15) is 0 Å². The molecule has 1 fully saturated rings. The first-order valence-corrected chi connectivity index (χ1v) is 6.11. The fraction of sp³-hybridized carbons (Fsp3) is 0.538. The van der Waals surface area contributed by atoms with Crippen LogP contribution >= 0.6 is 0 Å². The van der Waals surface area contributed by atoms with Crippen molar-refractivity contribution in [2.24, 2.45) is 0 Å². The van der Waals surface area contributed by atoms with Crippen LogP contribution in [0, 0.1) is 0 Å². The van der Waals surface area contributed by atoms with E-state index in [2.05, 4.69) is 30.3 Å². The maximum Gasteiger partial charge on any atom is 0.160 e. The van der Waals surface area contributed by atoms with Gasteiger partial charge in [0, 0.05) is 11.5 Å². The smallest absolute Gasteiger partial charge is 0.160 e. The van der Waals surface area contributed by atoms with Gasteiger partial charge in [0.25, 0.3) is 0 Å². The zero-order valence-electron chi connectivity index (χ0n) is 10.6. The average Bonchev–Trinajstić information content (AvgIpc) is 2.97. The monoisotopic (exact) mass is 230 g/mol. The Morgan fingerprint density at radius 3 is 2.65 bits per heavy atom. The molecule has 2 heterocycles. The van der Waals surface area contributed by atoms with Gasteiger partial charge in [0.2, 0.25) is 0 Å². The molecule has 4 nitrogen and oxygen atoms in total. The van der Waals surface area contributed by atoms with Gasteiger partial charge in [0.15, 0.2) is 5.65 Å². The lowest BCUT2D eigenvalue weighted by Gasteiger charge is -2.19. The number of anilines is 1. The van der Waals surface area contributed by atoms with Crippen LogP contribution in [0.1, 0.15) is 45.5 Å². The summed E-state index contributed by atoms with van der Waals surface area (Å²) in [5, 5.41) is 0. The van der Waals surface area contributed by atoms with Crippen molar-refractivity contribution in [3.63, 3.8) is 0 Å². The summed E-state index contributed by atoms with van der Waals surface area (Å²) >= 11 is 0. The molecule has 0 aliphatic heterocycles. The third-order valence-corrected chi connectivity index (χ3v) is 3.13. The van der Waals surface area contributed by atoms with E-state index < -0.39 is 0 Å². The molecule has 17 heavy (non-hydrogen) atoms. The predicted octanol–water partition coefficient (Wildman–Crippen LogP) is 2.65. The lowest BCUT2D eigenvalue weighted by molar-refractivity contribution is 0.506. The summed E-state index contributed by atoms with van der Waals surface area (Å²) in [7, 11) is 0. The quantitative estimate of drug-likeness (QED) is 0.819. The van der Waals surface area contributed by atoms with Crippen LogP contribution < -0.4 is 5.73 Å². The van der Waals surface area contributed by atoms with E-state index in [0.29, 0.717) is 11.7 Å². The molecule has 4 heteroatoms. The SMILES string of the molecule is CC(C)(C)c1nc2cc(N)cnc2n1C1CC1.